The van der Waals surface area contributed by atoms with Crippen molar-refractivity contribution in [1.29, 1.82) is 0 Å². The Morgan fingerprint density at radius 2 is 2.16 bits per heavy atom. The molecule has 7 heteroatoms. The largest absolute Gasteiger partial charge is 0.480 e. The molecule has 1 aromatic carbocycles. The number of carbonyl (C=O) groups is 2. The maximum atomic E-state index is 13.0. The molecule has 0 bridgehead atoms. The first kappa shape index (κ1) is 15.6. The Hall–Kier alpha value is -1.47. The van der Waals surface area contributed by atoms with Crippen molar-refractivity contribution < 1.29 is 23.8 Å². The molecule has 0 unspecified atom stereocenters. The van der Waals surface area contributed by atoms with E-state index < -0.39 is 5.97 Å². The fourth-order valence-electron chi connectivity index (χ4n) is 1.32. The van der Waals surface area contributed by atoms with Crippen molar-refractivity contribution >= 4 is 27.8 Å². The van der Waals surface area contributed by atoms with Crippen molar-refractivity contribution in [1.82, 2.24) is 5.32 Å². The number of carboxylic acid groups (broad SMARTS) is 1. The minimum Gasteiger partial charge on any atom is -0.480 e. The topological polar surface area (TPSA) is 75.6 Å². The van der Waals surface area contributed by atoms with E-state index in [9.17, 15) is 14.0 Å². The first-order chi connectivity index (χ1) is 8.99. The highest BCUT2D eigenvalue weighted by molar-refractivity contribution is 9.10. The SMILES string of the molecule is O=C(O)COCCNC(=O)Cc1ccc(F)c(Br)c1. The molecule has 0 saturated carbocycles. The highest BCUT2D eigenvalue weighted by atomic mass is 79.9. The second-order valence-corrected chi connectivity index (χ2v) is 4.58. The molecule has 1 aromatic rings. The Morgan fingerprint density at radius 1 is 1.42 bits per heavy atom. The predicted molar refractivity (Wildman–Crippen MR) is 69.3 cm³/mol. The second kappa shape index (κ2) is 7.85. The van der Waals surface area contributed by atoms with Crippen LogP contribution in [-0.4, -0.2) is 36.7 Å². The molecular formula is C12H13BrFNO4. The number of aliphatic carboxylic acids is 1. The fourth-order valence-corrected chi connectivity index (χ4v) is 1.75. The molecule has 1 amide bonds. The van der Waals surface area contributed by atoms with Gasteiger partial charge in [0, 0.05) is 6.54 Å². The molecule has 0 atom stereocenters. The molecule has 19 heavy (non-hydrogen) atoms. The molecule has 5 nitrogen and oxygen atoms in total. The maximum Gasteiger partial charge on any atom is 0.329 e. The van der Waals surface area contributed by atoms with Crippen molar-refractivity contribution in [3.05, 3.63) is 34.1 Å². The summed E-state index contributed by atoms with van der Waals surface area (Å²) in [5, 5.41) is 10.9. The van der Waals surface area contributed by atoms with Crippen LogP contribution in [0.5, 0.6) is 0 Å². The summed E-state index contributed by atoms with van der Waals surface area (Å²) >= 11 is 3.04. The summed E-state index contributed by atoms with van der Waals surface area (Å²) in [5.41, 5.74) is 0.678. The van der Waals surface area contributed by atoms with Crippen molar-refractivity contribution in [2.45, 2.75) is 6.42 Å². The molecule has 0 fully saturated rings. The summed E-state index contributed by atoms with van der Waals surface area (Å²) in [6, 6.07) is 4.35. The molecule has 0 aliphatic heterocycles. The van der Waals surface area contributed by atoms with Gasteiger partial charge in [0.2, 0.25) is 5.91 Å². The molecular weight excluding hydrogens is 321 g/mol. The summed E-state index contributed by atoms with van der Waals surface area (Å²) in [6.45, 7) is -0.0274. The second-order valence-electron chi connectivity index (χ2n) is 3.72. The third-order valence-electron chi connectivity index (χ3n) is 2.14. The summed E-state index contributed by atoms with van der Waals surface area (Å²) in [4.78, 5) is 21.7. The number of benzene rings is 1. The van der Waals surface area contributed by atoms with Crippen LogP contribution in [0.15, 0.2) is 22.7 Å². The standard InChI is InChI=1S/C12H13BrFNO4/c13-9-5-8(1-2-10(9)14)6-11(16)15-3-4-19-7-12(17)18/h1-2,5H,3-4,6-7H2,(H,15,16)(H,17,18). The van der Waals surface area contributed by atoms with Gasteiger partial charge in [0.25, 0.3) is 0 Å². The minimum atomic E-state index is -1.05. The van der Waals surface area contributed by atoms with Crippen LogP contribution in [0.4, 0.5) is 4.39 Å². The third kappa shape index (κ3) is 6.30. The monoisotopic (exact) mass is 333 g/mol. The van der Waals surface area contributed by atoms with Crippen molar-refractivity contribution in [3.63, 3.8) is 0 Å². The molecule has 0 heterocycles. The van der Waals surface area contributed by atoms with Crippen LogP contribution in [0.1, 0.15) is 5.56 Å². The highest BCUT2D eigenvalue weighted by Crippen LogP contribution is 2.16. The van der Waals surface area contributed by atoms with Gasteiger partial charge in [-0.05, 0) is 33.6 Å². The van der Waals surface area contributed by atoms with E-state index in [4.69, 9.17) is 9.84 Å². The first-order valence-corrected chi connectivity index (χ1v) is 6.28. The first-order valence-electron chi connectivity index (χ1n) is 5.49. The average Bonchev–Trinajstić information content (AvgIpc) is 2.33. The van der Waals surface area contributed by atoms with Crippen LogP contribution >= 0.6 is 15.9 Å². The number of rotatable bonds is 7. The van der Waals surface area contributed by atoms with Crippen LogP contribution in [0.2, 0.25) is 0 Å². The van der Waals surface area contributed by atoms with E-state index in [2.05, 4.69) is 21.2 Å². The number of hydrogen-bond acceptors (Lipinski definition) is 3. The lowest BCUT2D eigenvalue weighted by atomic mass is 10.1. The predicted octanol–water partition coefficient (Wildman–Crippen LogP) is 1.35. The summed E-state index contributed by atoms with van der Waals surface area (Å²) in [5.74, 6) is -1.67. The van der Waals surface area contributed by atoms with E-state index in [1.807, 2.05) is 0 Å². The van der Waals surface area contributed by atoms with Gasteiger partial charge in [-0.25, -0.2) is 9.18 Å². The number of halogens is 2. The quantitative estimate of drug-likeness (QED) is 0.738. The molecule has 0 aliphatic carbocycles. The Balaban J connectivity index is 2.27. The van der Waals surface area contributed by atoms with E-state index >= 15 is 0 Å². The number of hydrogen-bond donors (Lipinski definition) is 2. The smallest absolute Gasteiger partial charge is 0.329 e. The molecule has 0 aliphatic rings. The lowest BCUT2D eigenvalue weighted by Gasteiger charge is -2.06. The Labute approximate surface area is 117 Å². The van der Waals surface area contributed by atoms with Gasteiger partial charge in [0.05, 0.1) is 17.5 Å². The zero-order valence-electron chi connectivity index (χ0n) is 9.99. The van der Waals surface area contributed by atoms with Gasteiger partial charge in [-0.3, -0.25) is 4.79 Å². The number of amides is 1. The van der Waals surface area contributed by atoms with E-state index in [0.29, 0.717) is 10.0 Å². The summed E-state index contributed by atoms with van der Waals surface area (Å²) in [7, 11) is 0. The zero-order chi connectivity index (χ0) is 14.3. The normalized spacial score (nSPS) is 10.2. The van der Waals surface area contributed by atoms with Crippen LogP contribution in [0, 0.1) is 5.82 Å². The van der Waals surface area contributed by atoms with Crippen LogP contribution in [-0.2, 0) is 20.7 Å². The van der Waals surface area contributed by atoms with Crippen LogP contribution in [0.3, 0.4) is 0 Å². The molecule has 0 aromatic heterocycles. The highest BCUT2D eigenvalue weighted by Gasteiger charge is 2.06. The number of nitrogens with one attached hydrogen (secondary N) is 1. The molecule has 0 spiro atoms. The van der Waals surface area contributed by atoms with Crippen LogP contribution in [0.25, 0.3) is 0 Å². The zero-order valence-corrected chi connectivity index (χ0v) is 11.6. The molecule has 0 saturated heterocycles. The molecule has 0 radical (unpaired) electrons. The van der Waals surface area contributed by atoms with Crippen molar-refractivity contribution in [2.75, 3.05) is 19.8 Å². The fraction of sp³-hybridized carbons (Fsp3) is 0.333. The molecule has 2 N–H and O–H groups in total. The van der Waals surface area contributed by atoms with E-state index in [1.54, 1.807) is 0 Å². The third-order valence-corrected chi connectivity index (χ3v) is 2.75. The van der Waals surface area contributed by atoms with Gasteiger partial charge in [-0.2, -0.15) is 0 Å². The molecule has 1 rings (SSSR count). The lowest BCUT2D eigenvalue weighted by Crippen LogP contribution is -2.29. The summed E-state index contributed by atoms with van der Waals surface area (Å²) in [6.07, 6.45) is 0.123. The van der Waals surface area contributed by atoms with Gasteiger partial charge >= 0.3 is 5.97 Å². The maximum absolute atomic E-state index is 13.0. The Kier molecular flexibility index (Phi) is 6.44. The van der Waals surface area contributed by atoms with Gasteiger partial charge < -0.3 is 15.2 Å². The number of ether oxygens (including phenoxy) is 1. The lowest BCUT2D eigenvalue weighted by molar-refractivity contribution is -0.142. The van der Waals surface area contributed by atoms with Gasteiger partial charge in [-0.15, -0.1) is 0 Å². The van der Waals surface area contributed by atoms with Gasteiger partial charge in [0.1, 0.15) is 12.4 Å². The average molecular weight is 334 g/mol. The van der Waals surface area contributed by atoms with Gasteiger partial charge in [0.15, 0.2) is 0 Å². The van der Waals surface area contributed by atoms with Gasteiger partial charge in [-0.1, -0.05) is 6.07 Å². The van der Waals surface area contributed by atoms with Crippen molar-refractivity contribution in [2.24, 2.45) is 0 Å². The van der Waals surface area contributed by atoms with Crippen molar-refractivity contribution in [3.8, 4) is 0 Å². The number of carbonyl (C=O) groups excluding carboxylic acids is 1. The van der Waals surface area contributed by atoms with E-state index in [1.165, 1.54) is 18.2 Å². The van der Waals surface area contributed by atoms with E-state index in [0.717, 1.165) is 0 Å². The molecule has 104 valence electrons. The van der Waals surface area contributed by atoms with Crippen LogP contribution < -0.4 is 5.32 Å². The Morgan fingerprint density at radius 3 is 2.79 bits per heavy atom. The number of carboxylic acids is 1. The summed E-state index contributed by atoms with van der Waals surface area (Å²) < 4.78 is 18.0. The minimum absolute atomic E-state index is 0.123. The van der Waals surface area contributed by atoms with E-state index in [-0.39, 0.29) is 37.9 Å². The Bertz CT molecular complexity index is 467.